The summed E-state index contributed by atoms with van der Waals surface area (Å²) in [7, 11) is -3.31. The largest absolute Gasteiger partial charge is 0.292 e. The fourth-order valence-electron chi connectivity index (χ4n) is 2.76. The predicted octanol–water partition coefficient (Wildman–Crippen LogP) is 1.32. The van der Waals surface area contributed by atoms with Gasteiger partial charge in [0.15, 0.2) is 0 Å². The first kappa shape index (κ1) is 12.8. The second-order valence-electron chi connectivity index (χ2n) is 5.04. The van der Waals surface area contributed by atoms with Gasteiger partial charge in [0.05, 0.1) is 4.90 Å². The van der Waals surface area contributed by atoms with Crippen molar-refractivity contribution >= 4 is 10.0 Å². The second-order valence-corrected chi connectivity index (χ2v) is 6.98. The van der Waals surface area contributed by atoms with Crippen molar-refractivity contribution in [3.05, 3.63) is 42.5 Å². The minimum Gasteiger partial charge on any atom is -0.292 e. The Labute approximate surface area is 114 Å². The third-order valence-corrected chi connectivity index (χ3v) is 5.75. The number of hydrogen-bond donors (Lipinski definition) is 0. The maximum Gasteiger partial charge on any atom is 0.243 e. The van der Waals surface area contributed by atoms with E-state index >= 15 is 0 Å². The van der Waals surface area contributed by atoms with Crippen molar-refractivity contribution in [1.29, 1.82) is 0 Å². The molecule has 1 atom stereocenters. The molecule has 2 aliphatic rings. The topological polar surface area (TPSA) is 40.6 Å². The van der Waals surface area contributed by atoms with Crippen LogP contribution in [0.15, 0.2) is 47.4 Å². The molecule has 19 heavy (non-hydrogen) atoms. The molecule has 4 nitrogen and oxygen atoms in total. The summed E-state index contributed by atoms with van der Waals surface area (Å²) in [4.78, 5) is 2.73. The summed E-state index contributed by atoms with van der Waals surface area (Å²) in [5, 5.41) is 0. The van der Waals surface area contributed by atoms with Crippen LogP contribution in [0.2, 0.25) is 0 Å². The minimum atomic E-state index is -3.31. The van der Waals surface area contributed by atoms with Gasteiger partial charge in [-0.1, -0.05) is 30.4 Å². The molecule has 5 heteroatoms. The van der Waals surface area contributed by atoms with Crippen LogP contribution in [-0.2, 0) is 10.0 Å². The van der Waals surface area contributed by atoms with Crippen molar-refractivity contribution in [3.63, 3.8) is 0 Å². The van der Waals surface area contributed by atoms with Gasteiger partial charge in [0, 0.05) is 32.2 Å². The Morgan fingerprint density at radius 3 is 2.42 bits per heavy atom. The van der Waals surface area contributed by atoms with Crippen LogP contribution in [0.3, 0.4) is 0 Å². The molecule has 0 radical (unpaired) electrons. The zero-order valence-corrected chi connectivity index (χ0v) is 11.6. The summed E-state index contributed by atoms with van der Waals surface area (Å²) in [5.41, 5.74) is 0. The van der Waals surface area contributed by atoms with Crippen LogP contribution in [0.5, 0.6) is 0 Å². The van der Waals surface area contributed by atoms with Crippen LogP contribution in [-0.4, -0.2) is 49.8 Å². The third-order valence-electron chi connectivity index (χ3n) is 3.87. The second kappa shape index (κ2) is 5.07. The highest BCUT2D eigenvalue weighted by molar-refractivity contribution is 7.89. The van der Waals surface area contributed by atoms with Crippen LogP contribution >= 0.6 is 0 Å². The van der Waals surface area contributed by atoms with Gasteiger partial charge in [-0.05, 0) is 18.6 Å². The Bertz CT molecular complexity index is 560. The van der Waals surface area contributed by atoms with Gasteiger partial charge in [-0.25, -0.2) is 8.42 Å². The predicted molar refractivity (Wildman–Crippen MR) is 74.3 cm³/mol. The molecule has 1 fully saturated rings. The lowest BCUT2D eigenvalue weighted by molar-refractivity contribution is 0.261. The molecule has 0 aliphatic carbocycles. The first-order valence-electron chi connectivity index (χ1n) is 6.62. The molecule has 2 heterocycles. The van der Waals surface area contributed by atoms with Crippen LogP contribution in [0.4, 0.5) is 0 Å². The lowest BCUT2D eigenvalue weighted by Gasteiger charge is -2.23. The number of benzene rings is 1. The van der Waals surface area contributed by atoms with Gasteiger partial charge in [0.1, 0.15) is 0 Å². The average molecular weight is 278 g/mol. The van der Waals surface area contributed by atoms with E-state index in [0.29, 0.717) is 24.0 Å². The summed E-state index contributed by atoms with van der Waals surface area (Å²) in [6.45, 7) is 3.13. The number of sulfonamides is 1. The van der Waals surface area contributed by atoms with Crippen LogP contribution in [0.1, 0.15) is 6.42 Å². The molecule has 0 saturated carbocycles. The van der Waals surface area contributed by atoms with Crippen molar-refractivity contribution in [1.82, 2.24) is 9.21 Å². The van der Waals surface area contributed by atoms with E-state index in [1.165, 1.54) is 0 Å². The highest BCUT2D eigenvalue weighted by Gasteiger charge is 2.35. The number of hydrogen-bond acceptors (Lipinski definition) is 3. The molecule has 1 aromatic carbocycles. The van der Waals surface area contributed by atoms with E-state index in [-0.39, 0.29) is 0 Å². The molecular weight excluding hydrogens is 260 g/mol. The van der Waals surface area contributed by atoms with E-state index in [1.54, 1.807) is 28.6 Å². The van der Waals surface area contributed by atoms with Crippen molar-refractivity contribution in [2.24, 2.45) is 0 Å². The fourth-order valence-corrected chi connectivity index (χ4v) is 4.27. The van der Waals surface area contributed by atoms with E-state index in [1.807, 2.05) is 6.07 Å². The van der Waals surface area contributed by atoms with Gasteiger partial charge < -0.3 is 0 Å². The molecule has 0 amide bonds. The van der Waals surface area contributed by atoms with Crippen molar-refractivity contribution in [3.8, 4) is 0 Å². The molecule has 0 spiro atoms. The molecule has 3 rings (SSSR count). The van der Waals surface area contributed by atoms with Crippen LogP contribution < -0.4 is 0 Å². The first-order chi connectivity index (χ1) is 9.18. The molecule has 1 saturated heterocycles. The van der Waals surface area contributed by atoms with Gasteiger partial charge in [-0.2, -0.15) is 4.31 Å². The molecule has 0 aromatic heterocycles. The summed E-state index contributed by atoms with van der Waals surface area (Å²) in [6.07, 6.45) is 5.22. The smallest absolute Gasteiger partial charge is 0.243 e. The quantitative estimate of drug-likeness (QED) is 0.783. The van der Waals surface area contributed by atoms with Crippen LogP contribution in [0.25, 0.3) is 0 Å². The fraction of sp³-hybridized carbons (Fsp3) is 0.429. The average Bonchev–Trinajstić information content (AvgIpc) is 3.10. The molecule has 1 aromatic rings. The monoisotopic (exact) mass is 278 g/mol. The molecule has 0 N–H and O–H groups in total. The standard InChI is InChI=1S/C14H18N2O2S/c17-19(18,14-6-2-1-3-7-14)16-11-8-13(12-16)15-9-4-5-10-15/h1-7,13H,8-12H2. The Morgan fingerprint density at radius 1 is 1.05 bits per heavy atom. The molecule has 1 unspecified atom stereocenters. The first-order valence-corrected chi connectivity index (χ1v) is 8.06. The lowest BCUT2D eigenvalue weighted by Crippen LogP contribution is -2.37. The lowest BCUT2D eigenvalue weighted by atomic mass is 10.2. The van der Waals surface area contributed by atoms with E-state index in [0.717, 1.165) is 19.5 Å². The minimum absolute atomic E-state index is 0.355. The highest BCUT2D eigenvalue weighted by Crippen LogP contribution is 2.24. The zero-order valence-electron chi connectivity index (χ0n) is 10.8. The van der Waals surface area contributed by atoms with E-state index in [2.05, 4.69) is 17.1 Å². The summed E-state index contributed by atoms with van der Waals surface area (Å²) in [5.74, 6) is 0. The van der Waals surface area contributed by atoms with Gasteiger partial charge in [-0.15, -0.1) is 0 Å². The SMILES string of the molecule is O=S(=O)(c1ccccc1)N1CCC(N2CC=CC2)C1. The van der Waals surface area contributed by atoms with Crippen molar-refractivity contribution in [2.75, 3.05) is 26.2 Å². The van der Waals surface area contributed by atoms with Gasteiger partial charge in [0.2, 0.25) is 10.0 Å². The van der Waals surface area contributed by atoms with Gasteiger partial charge in [0.25, 0.3) is 0 Å². The molecule has 0 bridgehead atoms. The van der Waals surface area contributed by atoms with E-state index in [4.69, 9.17) is 0 Å². The Balaban J connectivity index is 1.74. The van der Waals surface area contributed by atoms with E-state index in [9.17, 15) is 8.42 Å². The van der Waals surface area contributed by atoms with Crippen molar-refractivity contribution < 1.29 is 8.42 Å². The van der Waals surface area contributed by atoms with Crippen molar-refractivity contribution in [2.45, 2.75) is 17.4 Å². The maximum absolute atomic E-state index is 12.5. The third kappa shape index (κ3) is 2.45. The van der Waals surface area contributed by atoms with E-state index < -0.39 is 10.0 Å². The summed E-state index contributed by atoms with van der Waals surface area (Å²) < 4.78 is 26.6. The molecule has 102 valence electrons. The normalized spacial score (nSPS) is 25.2. The Morgan fingerprint density at radius 2 is 1.74 bits per heavy atom. The highest BCUT2D eigenvalue weighted by atomic mass is 32.2. The molecular formula is C14H18N2O2S. The summed E-state index contributed by atoms with van der Waals surface area (Å²) in [6, 6.07) is 9.06. The summed E-state index contributed by atoms with van der Waals surface area (Å²) >= 11 is 0. The number of nitrogens with zero attached hydrogens (tertiary/aromatic N) is 2. The van der Waals surface area contributed by atoms with Gasteiger partial charge >= 0.3 is 0 Å². The Kier molecular flexibility index (Phi) is 3.43. The zero-order chi connectivity index (χ0) is 13.3. The van der Waals surface area contributed by atoms with Crippen LogP contribution in [0, 0.1) is 0 Å². The Hall–Kier alpha value is -1.17. The number of rotatable bonds is 3. The van der Waals surface area contributed by atoms with Gasteiger partial charge in [-0.3, -0.25) is 4.90 Å². The maximum atomic E-state index is 12.5. The molecule has 2 aliphatic heterocycles.